The molecule has 2 atom stereocenters. The van der Waals surface area contributed by atoms with Crippen LogP contribution in [-0.4, -0.2) is 58.0 Å². The second kappa shape index (κ2) is 12.8. The van der Waals surface area contributed by atoms with E-state index in [0.29, 0.717) is 54.0 Å². The Hall–Kier alpha value is -4.60. The van der Waals surface area contributed by atoms with Crippen molar-refractivity contribution in [2.75, 3.05) is 35.9 Å². The van der Waals surface area contributed by atoms with E-state index < -0.39 is 0 Å². The number of imidazole rings is 1. The molecule has 5 aromatic rings. The summed E-state index contributed by atoms with van der Waals surface area (Å²) in [5, 5.41) is 15.4. The zero-order valence-corrected chi connectivity index (χ0v) is 26.2. The van der Waals surface area contributed by atoms with Crippen molar-refractivity contribution >= 4 is 51.2 Å². The van der Waals surface area contributed by atoms with Gasteiger partial charge in [-0.2, -0.15) is 0 Å². The lowest BCUT2D eigenvalue weighted by Gasteiger charge is -2.17. The van der Waals surface area contributed by atoms with Gasteiger partial charge < -0.3 is 29.2 Å². The van der Waals surface area contributed by atoms with Crippen LogP contribution in [0.25, 0.3) is 16.4 Å². The molecule has 10 heteroatoms. The lowest BCUT2D eigenvalue weighted by molar-refractivity contribution is 0.0982. The summed E-state index contributed by atoms with van der Waals surface area (Å²) >= 11 is 6.40. The normalized spacial score (nSPS) is 14.9. The van der Waals surface area contributed by atoms with Crippen LogP contribution in [0.1, 0.15) is 58.2 Å². The first kappa shape index (κ1) is 30.4. The third-order valence-electron chi connectivity index (χ3n) is 8.16. The summed E-state index contributed by atoms with van der Waals surface area (Å²) in [5.41, 5.74) is 4.46. The Morgan fingerprint density at radius 1 is 1.13 bits per heavy atom. The predicted octanol–water partition coefficient (Wildman–Crippen LogP) is 6.93. The highest BCUT2D eigenvalue weighted by Crippen LogP contribution is 2.46. The first-order valence-corrected chi connectivity index (χ1v) is 15.6. The topological polar surface area (TPSA) is 105 Å². The van der Waals surface area contributed by atoms with E-state index in [9.17, 15) is 14.7 Å². The molecule has 1 aliphatic heterocycles. The van der Waals surface area contributed by atoms with Gasteiger partial charge in [-0.15, -0.1) is 11.6 Å². The van der Waals surface area contributed by atoms with Gasteiger partial charge in [0.2, 0.25) is 0 Å². The Kier molecular flexibility index (Phi) is 8.65. The number of aryl methyl sites for hydroxylation is 1. The van der Waals surface area contributed by atoms with Gasteiger partial charge in [0.05, 0.1) is 24.1 Å². The van der Waals surface area contributed by atoms with E-state index in [1.807, 2.05) is 39.0 Å². The average Bonchev–Trinajstić information content (AvgIpc) is 3.62. The molecule has 9 nitrogen and oxygen atoms in total. The summed E-state index contributed by atoms with van der Waals surface area (Å²) in [5.74, 6) is 0.486. The fourth-order valence-corrected chi connectivity index (χ4v) is 6.15. The van der Waals surface area contributed by atoms with E-state index in [1.165, 1.54) is 0 Å². The van der Waals surface area contributed by atoms with Crippen molar-refractivity contribution in [3.63, 3.8) is 0 Å². The molecule has 0 saturated carbocycles. The maximum atomic E-state index is 13.8. The number of pyridine rings is 1. The quantitative estimate of drug-likeness (QED) is 0.129. The molecule has 1 aliphatic rings. The zero-order valence-electron chi connectivity index (χ0n) is 25.4. The molecule has 0 saturated heterocycles. The number of hydrogen-bond donors (Lipinski definition) is 2. The Bertz CT molecular complexity index is 1890. The van der Waals surface area contributed by atoms with E-state index in [1.54, 1.807) is 64.2 Å². The predicted molar refractivity (Wildman–Crippen MR) is 176 cm³/mol. The van der Waals surface area contributed by atoms with Crippen LogP contribution in [0, 0.1) is 6.92 Å². The minimum Gasteiger partial charge on any atom is -0.507 e. The molecule has 45 heavy (non-hydrogen) atoms. The largest absolute Gasteiger partial charge is 0.507 e. The first-order valence-electron chi connectivity index (χ1n) is 15.0. The highest BCUT2D eigenvalue weighted by atomic mass is 35.5. The van der Waals surface area contributed by atoms with Gasteiger partial charge in [-0.25, -0.2) is 4.98 Å². The number of amides is 2. The number of anilines is 2. The molecule has 0 radical (unpaired) electrons. The van der Waals surface area contributed by atoms with Gasteiger partial charge in [-0.05, 0) is 73.7 Å². The number of nitrogens with zero attached hydrogens (tertiary/aromatic N) is 3. The molecule has 2 aromatic heterocycles. The van der Waals surface area contributed by atoms with E-state index in [4.69, 9.17) is 21.1 Å². The van der Waals surface area contributed by atoms with Crippen molar-refractivity contribution in [2.45, 2.75) is 39.2 Å². The Morgan fingerprint density at radius 3 is 2.69 bits per heavy atom. The van der Waals surface area contributed by atoms with Crippen molar-refractivity contribution in [1.29, 1.82) is 0 Å². The molecule has 6 rings (SSSR count). The number of fused-ring (bicyclic) bond motifs is 4. The highest BCUT2D eigenvalue weighted by molar-refractivity contribution is 6.19. The standard InChI is InChI=1S/C35H35ClN4O5/c1-4-44-15-14-22(3)45-26-11-8-23(9-12-26)34(42)37-25-10-13-31-38-28(20-39(31)19-25)35(43)40-18-24(17-36)33-29(40)16-30(41)27-7-5-6-21(2)32(27)33/h5-13,16,19-20,22,24,41H,4,14-15,17-18H2,1-3H3,(H,37,42)/t22?,24-/m1/s1. The molecule has 0 aliphatic carbocycles. The number of phenolic OH excluding ortho intramolecular Hbond substituents is 1. The molecule has 0 bridgehead atoms. The summed E-state index contributed by atoms with van der Waals surface area (Å²) in [6.07, 6.45) is 4.14. The SMILES string of the molecule is CCOCCC(C)Oc1ccc(C(=O)Nc2ccc3nc(C(=O)N4C[C@@H](CCl)c5c4cc(O)c4cccc(C)c54)cn3c2)cc1. The lowest BCUT2D eigenvalue weighted by Crippen LogP contribution is -2.30. The number of alkyl halides is 1. The fourth-order valence-electron chi connectivity index (χ4n) is 5.90. The molecule has 3 heterocycles. The summed E-state index contributed by atoms with van der Waals surface area (Å²) in [4.78, 5) is 33.0. The monoisotopic (exact) mass is 626 g/mol. The van der Waals surface area contributed by atoms with Crippen LogP contribution in [0.15, 0.2) is 73.1 Å². The maximum Gasteiger partial charge on any atom is 0.278 e. The van der Waals surface area contributed by atoms with Gasteiger partial charge in [0.15, 0.2) is 0 Å². The van der Waals surface area contributed by atoms with Crippen molar-refractivity contribution in [2.24, 2.45) is 0 Å². The van der Waals surface area contributed by atoms with Gasteiger partial charge in [-0.1, -0.05) is 18.2 Å². The number of phenols is 1. The Balaban J connectivity index is 1.18. The Morgan fingerprint density at radius 2 is 1.93 bits per heavy atom. The Labute approximate surface area is 266 Å². The summed E-state index contributed by atoms with van der Waals surface area (Å²) in [7, 11) is 0. The van der Waals surface area contributed by atoms with E-state index in [2.05, 4.69) is 10.3 Å². The van der Waals surface area contributed by atoms with Gasteiger partial charge in [0, 0.05) is 60.8 Å². The summed E-state index contributed by atoms with van der Waals surface area (Å²) in [6.45, 7) is 7.64. The van der Waals surface area contributed by atoms with Crippen molar-refractivity contribution < 1.29 is 24.2 Å². The highest BCUT2D eigenvalue weighted by Gasteiger charge is 2.36. The molecule has 2 amide bonds. The molecule has 3 aromatic carbocycles. The molecule has 2 N–H and O–H groups in total. The fraction of sp³-hybridized carbons (Fsp3) is 0.286. The minimum atomic E-state index is -0.292. The van der Waals surface area contributed by atoms with E-state index in [-0.39, 0.29) is 35.3 Å². The average molecular weight is 627 g/mol. The van der Waals surface area contributed by atoms with Crippen LogP contribution in [0.3, 0.4) is 0 Å². The zero-order chi connectivity index (χ0) is 31.7. The molecule has 1 unspecified atom stereocenters. The number of aromatic hydroxyl groups is 1. The van der Waals surface area contributed by atoms with Gasteiger partial charge in [0.1, 0.15) is 22.8 Å². The number of carbonyl (C=O) groups is 2. The van der Waals surface area contributed by atoms with Gasteiger partial charge in [-0.3, -0.25) is 9.59 Å². The number of benzene rings is 3. The third-order valence-corrected chi connectivity index (χ3v) is 8.53. The number of aromatic nitrogens is 2. The van der Waals surface area contributed by atoms with Crippen LogP contribution < -0.4 is 15.0 Å². The smallest absolute Gasteiger partial charge is 0.278 e. The number of nitrogens with one attached hydrogen (secondary N) is 1. The van der Waals surface area contributed by atoms with Gasteiger partial charge >= 0.3 is 0 Å². The number of ether oxygens (including phenoxy) is 2. The molecular formula is C35H35ClN4O5. The van der Waals surface area contributed by atoms with Crippen molar-refractivity contribution in [3.05, 3.63) is 95.4 Å². The second-order valence-electron chi connectivity index (χ2n) is 11.3. The number of halogens is 1. The van der Waals surface area contributed by atoms with E-state index >= 15 is 0 Å². The lowest BCUT2D eigenvalue weighted by atomic mass is 9.92. The molecular weight excluding hydrogens is 592 g/mol. The maximum absolute atomic E-state index is 13.8. The number of hydrogen-bond acceptors (Lipinski definition) is 6. The van der Waals surface area contributed by atoms with Crippen LogP contribution in [-0.2, 0) is 4.74 Å². The first-order chi connectivity index (χ1) is 21.8. The van der Waals surface area contributed by atoms with Gasteiger partial charge in [0.25, 0.3) is 11.8 Å². The van der Waals surface area contributed by atoms with Crippen molar-refractivity contribution in [1.82, 2.24) is 9.38 Å². The molecule has 232 valence electrons. The van der Waals surface area contributed by atoms with Crippen LogP contribution in [0.5, 0.6) is 11.5 Å². The third kappa shape index (κ3) is 6.06. The number of carbonyl (C=O) groups excluding carboxylic acids is 2. The van der Waals surface area contributed by atoms with Crippen LogP contribution in [0.2, 0.25) is 0 Å². The second-order valence-corrected chi connectivity index (χ2v) is 11.6. The van der Waals surface area contributed by atoms with Crippen LogP contribution >= 0.6 is 11.6 Å². The van der Waals surface area contributed by atoms with Crippen LogP contribution in [0.4, 0.5) is 11.4 Å². The number of rotatable bonds is 10. The minimum absolute atomic E-state index is 0.00638. The molecule has 0 fully saturated rings. The molecule has 0 spiro atoms. The van der Waals surface area contributed by atoms with Crippen molar-refractivity contribution in [3.8, 4) is 11.5 Å². The van der Waals surface area contributed by atoms with E-state index in [0.717, 1.165) is 28.3 Å². The summed E-state index contributed by atoms with van der Waals surface area (Å²) in [6, 6.07) is 17.9. The summed E-state index contributed by atoms with van der Waals surface area (Å²) < 4.78 is 13.0.